The van der Waals surface area contributed by atoms with Crippen molar-refractivity contribution in [1.29, 1.82) is 0 Å². The lowest BCUT2D eigenvalue weighted by Gasteiger charge is -2.33. The number of hydrogen-bond donors (Lipinski definition) is 0. The number of hydrogen-bond acceptors (Lipinski definition) is 5. The van der Waals surface area contributed by atoms with Crippen LogP contribution < -0.4 is 0 Å². The highest BCUT2D eigenvalue weighted by Crippen LogP contribution is 2.25. The quantitative estimate of drug-likeness (QED) is 0.703. The van der Waals surface area contributed by atoms with E-state index >= 15 is 0 Å². The smallest absolute Gasteiger partial charge is 0.289 e. The molecule has 0 spiro atoms. The maximum Gasteiger partial charge on any atom is 0.289 e. The first kappa shape index (κ1) is 17.4. The molecule has 3 aromatic rings. The Balaban J connectivity index is 1.37. The molecule has 0 unspecified atom stereocenters. The molecule has 4 rings (SSSR count). The van der Waals surface area contributed by atoms with Gasteiger partial charge in [0.15, 0.2) is 5.76 Å². The van der Waals surface area contributed by atoms with Crippen molar-refractivity contribution >= 4 is 5.91 Å². The van der Waals surface area contributed by atoms with Crippen LogP contribution in [0.5, 0.6) is 0 Å². The molecule has 0 aliphatic carbocycles. The number of carbonyl (C=O) groups excluding carboxylic acids is 1. The standard InChI is InChI=1S/C19H17F2N3O3/c20-14-3-1-4-15(21)17(14)18-22-13(12-27-18)11-23-6-8-24(9-7-23)19(25)16-5-2-10-26-16/h1-5,10,12H,6-9,11H2. The van der Waals surface area contributed by atoms with Gasteiger partial charge in [-0.05, 0) is 24.3 Å². The third-order valence-corrected chi connectivity index (χ3v) is 4.51. The van der Waals surface area contributed by atoms with Crippen molar-refractivity contribution in [3.05, 3.63) is 65.9 Å². The van der Waals surface area contributed by atoms with Gasteiger partial charge in [0, 0.05) is 32.7 Å². The molecular formula is C19H17F2N3O3. The molecule has 27 heavy (non-hydrogen) atoms. The van der Waals surface area contributed by atoms with Gasteiger partial charge in [0.2, 0.25) is 5.89 Å². The molecule has 6 nitrogen and oxygen atoms in total. The number of amides is 1. The molecule has 2 aromatic heterocycles. The van der Waals surface area contributed by atoms with E-state index in [4.69, 9.17) is 8.83 Å². The third-order valence-electron chi connectivity index (χ3n) is 4.51. The average Bonchev–Trinajstić information content (AvgIpc) is 3.34. The highest BCUT2D eigenvalue weighted by molar-refractivity contribution is 5.91. The van der Waals surface area contributed by atoms with Crippen molar-refractivity contribution < 1.29 is 22.4 Å². The summed E-state index contributed by atoms with van der Waals surface area (Å²) in [6.07, 6.45) is 2.88. The van der Waals surface area contributed by atoms with Crippen LogP contribution in [0.15, 0.2) is 51.7 Å². The van der Waals surface area contributed by atoms with Gasteiger partial charge in [-0.1, -0.05) is 6.07 Å². The van der Waals surface area contributed by atoms with Gasteiger partial charge in [0.05, 0.1) is 12.0 Å². The van der Waals surface area contributed by atoms with Gasteiger partial charge in [-0.2, -0.15) is 0 Å². The molecule has 1 aliphatic rings. The van der Waals surface area contributed by atoms with E-state index in [1.165, 1.54) is 18.6 Å². The summed E-state index contributed by atoms with van der Waals surface area (Å²) in [5, 5.41) is 0. The predicted octanol–water partition coefficient (Wildman–Crippen LogP) is 3.17. The Morgan fingerprint density at radius 1 is 1.04 bits per heavy atom. The molecule has 0 N–H and O–H groups in total. The van der Waals surface area contributed by atoms with Crippen LogP contribution in [0.1, 0.15) is 16.2 Å². The minimum atomic E-state index is -0.714. The first-order valence-electron chi connectivity index (χ1n) is 8.56. The third kappa shape index (κ3) is 3.61. The minimum Gasteiger partial charge on any atom is -0.459 e. The van der Waals surface area contributed by atoms with Crippen molar-refractivity contribution in [2.24, 2.45) is 0 Å². The highest BCUT2D eigenvalue weighted by Gasteiger charge is 2.24. The molecule has 0 radical (unpaired) electrons. The molecule has 1 saturated heterocycles. The zero-order valence-corrected chi connectivity index (χ0v) is 14.4. The second-order valence-electron chi connectivity index (χ2n) is 6.29. The Kier molecular flexibility index (Phi) is 4.72. The number of rotatable bonds is 4. The van der Waals surface area contributed by atoms with Gasteiger partial charge < -0.3 is 13.7 Å². The fourth-order valence-electron chi connectivity index (χ4n) is 3.09. The molecule has 1 amide bonds. The number of halogens is 2. The van der Waals surface area contributed by atoms with Crippen LogP contribution >= 0.6 is 0 Å². The second kappa shape index (κ2) is 7.32. The number of nitrogens with zero attached hydrogens (tertiary/aromatic N) is 3. The Hall–Kier alpha value is -3.00. The van der Waals surface area contributed by atoms with E-state index in [1.54, 1.807) is 17.0 Å². The molecule has 1 fully saturated rings. The van der Waals surface area contributed by atoms with E-state index in [1.807, 2.05) is 0 Å². The zero-order chi connectivity index (χ0) is 18.8. The maximum absolute atomic E-state index is 13.8. The summed E-state index contributed by atoms with van der Waals surface area (Å²) in [6.45, 7) is 2.91. The van der Waals surface area contributed by atoms with Crippen LogP contribution in [0.2, 0.25) is 0 Å². The van der Waals surface area contributed by atoms with Gasteiger partial charge >= 0.3 is 0 Å². The number of benzene rings is 1. The Labute approximate surface area is 154 Å². The van der Waals surface area contributed by atoms with Gasteiger partial charge in [0.1, 0.15) is 23.5 Å². The van der Waals surface area contributed by atoms with E-state index < -0.39 is 11.6 Å². The highest BCUT2D eigenvalue weighted by atomic mass is 19.1. The number of aromatic nitrogens is 1. The van der Waals surface area contributed by atoms with E-state index in [2.05, 4.69) is 9.88 Å². The number of oxazole rings is 1. The molecule has 8 heteroatoms. The molecule has 3 heterocycles. The van der Waals surface area contributed by atoms with Crippen molar-refractivity contribution in [3.63, 3.8) is 0 Å². The normalized spacial score (nSPS) is 15.3. The maximum atomic E-state index is 13.8. The van der Waals surface area contributed by atoms with Gasteiger partial charge in [-0.3, -0.25) is 9.69 Å². The van der Waals surface area contributed by atoms with Crippen molar-refractivity contribution in [1.82, 2.24) is 14.8 Å². The molecule has 1 aromatic carbocycles. The zero-order valence-electron chi connectivity index (χ0n) is 14.4. The lowest BCUT2D eigenvalue weighted by atomic mass is 10.2. The van der Waals surface area contributed by atoms with Crippen LogP contribution in [0, 0.1) is 11.6 Å². The van der Waals surface area contributed by atoms with E-state index in [9.17, 15) is 13.6 Å². The average molecular weight is 373 g/mol. The SMILES string of the molecule is O=C(c1ccco1)N1CCN(Cc2coc(-c3c(F)cccc3F)n2)CC1. The Morgan fingerprint density at radius 3 is 2.44 bits per heavy atom. The topological polar surface area (TPSA) is 62.7 Å². The number of furan rings is 1. The van der Waals surface area contributed by atoms with Crippen LogP contribution in [0.4, 0.5) is 8.78 Å². The molecule has 0 bridgehead atoms. The largest absolute Gasteiger partial charge is 0.459 e. The van der Waals surface area contributed by atoms with Gasteiger partial charge in [-0.15, -0.1) is 0 Å². The van der Waals surface area contributed by atoms with Crippen LogP contribution in [0.3, 0.4) is 0 Å². The van der Waals surface area contributed by atoms with Crippen LogP contribution in [-0.4, -0.2) is 46.9 Å². The van der Waals surface area contributed by atoms with Crippen molar-refractivity contribution in [2.75, 3.05) is 26.2 Å². The summed E-state index contributed by atoms with van der Waals surface area (Å²) in [5.74, 6) is -1.30. The van der Waals surface area contributed by atoms with E-state index in [0.717, 1.165) is 12.1 Å². The van der Waals surface area contributed by atoms with E-state index in [0.29, 0.717) is 44.2 Å². The van der Waals surface area contributed by atoms with Crippen molar-refractivity contribution in [3.8, 4) is 11.5 Å². The van der Waals surface area contributed by atoms with Crippen LogP contribution in [-0.2, 0) is 6.54 Å². The number of piperazine rings is 1. The summed E-state index contributed by atoms with van der Waals surface area (Å²) >= 11 is 0. The molecule has 1 aliphatic heterocycles. The summed E-state index contributed by atoms with van der Waals surface area (Å²) in [4.78, 5) is 20.3. The van der Waals surface area contributed by atoms with Crippen LogP contribution in [0.25, 0.3) is 11.5 Å². The Bertz CT molecular complexity index is 911. The first-order chi connectivity index (χ1) is 13.1. The second-order valence-corrected chi connectivity index (χ2v) is 6.29. The lowest BCUT2D eigenvalue weighted by molar-refractivity contribution is 0.0596. The fourth-order valence-corrected chi connectivity index (χ4v) is 3.09. The first-order valence-corrected chi connectivity index (χ1v) is 8.56. The summed E-state index contributed by atoms with van der Waals surface area (Å²) in [7, 11) is 0. The number of carbonyl (C=O) groups is 1. The van der Waals surface area contributed by atoms with Gasteiger partial charge in [-0.25, -0.2) is 13.8 Å². The Morgan fingerprint density at radius 2 is 1.78 bits per heavy atom. The minimum absolute atomic E-state index is 0.0766. The predicted molar refractivity (Wildman–Crippen MR) is 91.7 cm³/mol. The lowest BCUT2D eigenvalue weighted by Crippen LogP contribution is -2.48. The summed E-state index contributed by atoms with van der Waals surface area (Å²) < 4.78 is 38.1. The summed E-state index contributed by atoms with van der Waals surface area (Å²) in [5.41, 5.74) is 0.316. The fraction of sp³-hybridized carbons (Fsp3) is 0.263. The van der Waals surface area contributed by atoms with Gasteiger partial charge in [0.25, 0.3) is 5.91 Å². The van der Waals surface area contributed by atoms with Crippen molar-refractivity contribution in [2.45, 2.75) is 6.54 Å². The summed E-state index contributed by atoms with van der Waals surface area (Å²) in [6, 6.07) is 6.95. The molecular weight excluding hydrogens is 356 g/mol. The molecule has 0 saturated carbocycles. The molecule has 140 valence electrons. The molecule has 0 atom stereocenters. The monoisotopic (exact) mass is 373 g/mol. The van der Waals surface area contributed by atoms with E-state index in [-0.39, 0.29) is 17.4 Å².